The molecule has 2 amide bonds. The van der Waals surface area contributed by atoms with Gasteiger partial charge in [-0.1, -0.05) is 18.2 Å². The largest absolute Gasteiger partial charge is 0.497 e. The van der Waals surface area contributed by atoms with Crippen molar-refractivity contribution in [2.24, 2.45) is 0 Å². The highest BCUT2D eigenvalue weighted by Gasteiger charge is 2.39. The number of rotatable bonds is 5. The number of benzene rings is 2. The molecule has 4 rings (SSSR count). The number of aliphatic hydroxyl groups is 1. The molecule has 2 N–H and O–H groups in total. The topological polar surface area (TPSA) is 78.9 Å². The maximum absolute atomic E-state index is 12.9. The molecule has 0 atom stereocenters. The van der Waals surface area contributed by atoms with Crippen LogP contribution in [0.5, 0.6) is 5.75 Å². The van der Waals surface area contributed by atoms with Crippen LogP contribution in [0, 0.1) is 0 Å². The van der Waals surface area contributed by atoms with Gasteiger partial charge in [0, 0.05) is 17.9 Å². The molecule has 0 radical (unpaired) electrons. The zero-order valence-electron chi connectivity index (χ0n) is 16.6. The van der Waals surface area contributed by atoms with Gasteiger partial charge < -0.3 is 20.1 Å². The standard InChI is InChI=1S/C23H26N2O4/c1-29-19-6-4-5-16(13-19)14-21(26)25-12-9-17-7-8-18(15-20(17)25)24-22(27)23(28)10-2-3-11-23/h4-8,13,15,28H,2-3,9-12,14H2,1H3,(H,24,27). The van der Waals surface area contributed by atoms with Gasteiger partial charge in [0.1, 0.15) is 11.4 Å². The van der Waals surface area contributed by atoms with E-state index in [9.17, 15) is 14.7 Å². The SMILES string of the molecule is COc1cccc(CC(=O)N2CCc3ccc(NC(=O)C4(O)CCCC4)cc32)c1. The first-order valence-electron chi connectivity index (χ1n) is 10.1. The van der Waals surface area contributed by atoms with Crippen LogP contribution >= 0.6 is 0 Å². The number of carbonyl (C=O) groups is 2. The van der Waals surface area contributed by atoms with E-state index in [2.05, 4.69) is 5.32 Å². The van der Waals surface area contributed by atoms with Gasteiger partial charge in [-0.2, -0.15) is 0 Å². The van der Waals surface area contributed by atoms with Gasteiger partial charge in [-0.15, -0.1) is 0 Å². The minimum absolute atomic E-state index is 0.00917. The van der Waals surface area contributed by atoms with Gasteiger partial charge >= 0.3 is 0 Å². The highest BCUT2D eigenvalue weighted by molar-refractivity contribution is 6.00. The van der Waals surface area contributed by atoms with E-state index in [-0.39, 0.29) is 18.2 Å². The minimum Gasteiger partial charge on any atom is -0.497 e. The summed E-state index contributed by atoms with van der Waals surface area (Å²) in [5.74, 6) is 0.379. The molecule has 0 aromatic heterocycles. The van der Waals surface area contributed by atoms with Crippen LogP contribution < -0.4 is 15.0 Å². The Morgan fingerprint density at radius 1 is 1.17 bits per heavy atom. The summed E-state index contributed by atoms with van der Waals surface area (Å²) >= 11 is 0. The summed E-state index contributed by atoms with van der Waals surface area (Å²) in [6.45, 7) is 0.624. The van der Waals surface area contributed by atoms with Crippen molar-refractivity contribution in [1.29, 1.82) is 0 Å². The summed E-state index contributed by atoms with van der Waals surface area (Å²) in [5.41, 5.74) is 2.14. The van der Waals surface area contributed by atoms with Crippen LogP contribution in [0.3, 0.4) is 0 Å². The number of hydrogen-bond donors (Lipinski definition) is 2. The third kappa shape index (κ3) is 3.98. The van der Waals surface area contributed by atoms with Gasteiger partial charge in [-0.25, -0.2) is 0 Å². The fraction of sp³-hybridized carbons (Fsp3) is 0.391. The van der Waals surface area contributed by atoms with Crippen LogP contribution in [0.1, 0.15) is 36.8 Å². The van der Waals surface area contributed by atoms with E-state index in [0.29, 0.717) is 25.1 Å². The Morgan fingerprint density at radius 2 is 1.97 bits per heavy atom. The van der Waals surface area contributed by atoms with Crippen molar-refractivity contribution in [2.75, 3.05) is 23.9 Å². The van der Waals surface area contributed by atoms with Crippen molar-refractivity contribution in [3.8, 4) is 5.75 Å². The van der Waals surface area contributed by atoms with Crippen LogP contribution in [0.25, 0.3) is 0 Å². The lowest BCUT2D eigenvalue weighted by Gasteiger charge is -2.22. The van der Waals surface area contributed by atoms with Gasteiger partial charge in [0.15, 0.2) is 0 Å². The van der Waals surface area contributed by atoms with E-state index in [1.165, 1.54) is 0 Å². The average molecular weight is 394 g/mol. The molecule has 1 aliphatic carbocycles. The maximum atomic E-state index is 12.9. The minimum atomic E-state index is -1.28. The predicted octanol–water partition coefficient (Wildman–Crippen LogP) is 3.07. The number of amides is 2. The monoisotopic (exact) mass is 394 g/mol. The number of hydrogen-bond acceptors (Lipinski definition) is 4. The van der Waals surface area contributed by atoms with E-state index < -0.39 is 5.60 Å². The van der Waals surface area contributed by atoms with Crippen LogP contribution in [0.2, 0.25) is 0 Å². The fourth-order valence-electron chi connectivity index (χ4n) is 4.20. The molecule has 0 saturated heterocycles. The Morgan fingerprint density at radius 3 is 2.72 bits per heavy atom. The first-order valence-corrected chi connectivity index (χ1v) is 10.1. The molecule has 2 aromatic rings. The molecule has 29 heavy (non-hydrogen) atoms. The molecule has 1 heterocycles. The number of nitrogens with zero attached hydrogens (tertiary/aromatic N) is 1. The zero-order chi connectivity index (χ0) is 20.4. The molecule has 152 valence electrons. The Labute approximate surface area is 170 Å². The van der Waals surface area contributed by atoms with Crippen molar-refractivity contribution in [3.63, 3.8) is 0 Å². The predicted molar refractivity (Wildman–Crippen MR) is 111 cm³/mol. The number of nitrogens with one attached hydrogen (secondary N) is 1. The second-order valence-electron chi connectivity index (χ2n) is 7.86. The molecule has 1 fully saturated rings. The molecule has 0 bridgehead atoms. The van der Waals surface area contributed by atoms with E-state index in [0.717, 1.165) is 41.8 Å². The van der Waals surface area contributed by atoms with Gasteiger partial charge in [-0.05, 0) is 67.5 Å². The molecule has 6 nitrogen and oxygen atoms in total. The van der Waals surface area contributed by atoms with Crippen LogP contribution in [-0.4, -0.2) is 36.2 Å². The molecule has 0 spiro atoms. The molecule has 1 aliphatic heterocycles. The number of anilines is 2. The molecule has 2 aromatic carbocycles. The lowest BCUT2D eigenvalue weighted by atomic mass is 10.0. The number of carbonyl (C=O) groups excluding carboxylic acids is 2. The van der Waals surface area contributed by atoms with Gasteiger partial charge in [-0.3, -0.25) is 9.59 Å². The highest BCUT2D eigenvalue weighted by Crippen LogP contribution is 2.34. The highest BCUT2D eigenvalue weighted by atomic mass is 16.5. The van der Waals surface area contributed by atoms with Crippen molar-refractivity contribution in [2.45, 2.75) is 44.1 Å². The van der Waals surface area contributed by atoms with Gasteiger partial charge in [0.05, 0.1) is 13.5 Å². The summed E-state index contributed by atoms with van der Waals surface area (Å²) in [7, 11) is 1.61. The van der Waals surface area contributed by atoms with Crippen molar-refractivity contribution < 1.29 is 19.4 Å². The van der Waals surface area contributed by atoms with Crippen LogP contribution in [0.15, 0.2) is 42.5 Å². The Hall–Kier alpha value is -2.86. The molecule has 1 saturated carbocycles. The fourth-order valence-corrected chi connectivity index (χ4v) is 4.20. The Kier molecular flexibility index (Phi) is 5.28. The number of methoxy groups -OCH3 is 1. The molecule has 0 unspecified atom stereocenters. The summed E-state index contributed by atoms with van der Waals surface area (Å²) in [6, 6.07) is 13.1. The maximum Gasteiger partial charge on any atom is 0.256 e. The Balaban J connectivity index is 1.49. The molecular formula is C23H26N2O4. The molecule has 6 heteroatoms. The van der Waals surface area contributed by atoms with Gasteiger partial charge in [0.25, 0.3) is 5.91 Å². The summed E-state index contributed by atoms with van der Waals surface area (Å²) < 4.78 is 5.24. The van der Waals surface area contributed by atoms with Crippen LogP contribution in [-0.2, 0) is 22.4 Å². The summed E-state index contributed by atoms with van der Waals surface area (Å²) in [4.78, 5) is 27.2. The first-order chi connectivity index (χ1) is 14.0. The molecular weight excluding hydrogens is 368 g/mol. The third-order valence-electron chi connectivity index (χ3n) is 5.88. The Bertz CT molecular complexity index is 934. The van der Waals surface area contributed by atoms with E-state index in [1.807, 2.05) is 42.5 Å². The summed E-state index contributed by atoms with van der Waals surface area (Å²) in [5, 5.41) is 13.3. The van der Waals surface area contributed by atoms with Crippen molar-refractivity contribution in [3.05, 3.63) is 53.6 Å². The quantitative estimate of drug-likeness (QED) is 0.817. The van der Waals surface area contributed by atoms with Crippen molar-refractivity contribution in [1.82, 2.24) is 0 Å². The smallest absolute Gasteiger partial charge is 0.256 e. The second kappa shape index (κ2) is 7.87. The lowest BCUT2D eigenvalue weighted by molar-refractivity contribution is -0.133. The normalized spacial score (nSPS) is 17.1. The van der Waals surface area contributed by atoms with Crippen LogP contribution in [0.4, 0.5) is 11.4 Å². The van der Waals surface area contributed by atoms with E-state index in [4.69, 9.17) is 4.74 Å². The summed E-state index contributed by atoms with van der Waals surface area (Å²) in [6.07, 6.45) is 3.79. The third-order valence-corrected chi connectivity index (χ3v) is 5.88. The number of ether oxygens (including phenoxy) is 1. The zero-order valence-corrected chi connectivity index (χ0v) is 16.6. The van der Waals surface area contributed by atoms with Crippen molar-refractivity contribution >= 4 is 23.2 Å². The lowest BCUT2D eigenvalue weighted by Crippen LogP contribution is -2.40. The average Bonchev–Trinajstić information content (AvgIpc) is 3.35. The van der Waals surface area contributed by atoms with Gasteiger partial charge in [0.2, 0.25) is 5.91 Å². The second-order valence-corrected chi connectivity index (χ2v) is 7.86. The number of fused-ring (bicyclic) bond motifs is 1. The van der Waals surface area contributed by atoms with E-state index in [1.54, 1.807) is 12.0 Å². The molecule has 2 aliphatic rings. The van der Waals surface area contributed by atoms with E-state index >= 15 is 0 Å². The first kappa shape index (κ1) is 19.5.